The number of carbonyl (C=O) groups is 2. The molecule has 3 aliphatic rings. The van der Waals surface area contributed by atoms with Crippen molar-refractivity contribution in [3.63, 3.8) is 0 Å². The number of hydrogen-bond acceptors (Lipinski definition) is 4. The van der Waals surface area contributed by atoms with Crippen molar-refractivity contribution in [3.05, 3.63) is 94.5 Å². The highest BCUT2D eigenvalue weighted by atomic mass is 16.5. The van der Waals surface area contributed by atoms with E-state index < -0.39 is 5.97 Å². The molecule has 2 aliphatic carbocycles. The van der Waals surface area contributed by atoms with Crippen molar-refractivity contribution < 1.29 is 14.3 Å². The summed E-state index contributed by atoms with van der Waals surface area (Å²) >= 11 is 0. The van der Waals surface area contributed by atoms with Crippen LogP contribution in [0.3, 0.4) is 0 Å². The van der Waals surface area contributed by atoms with Crippen LogP contribution >= 0.6 is 0 Å². The molecule has 2 fully saturated rings. The summed E-state index contributed by atoms with van der Waals surface area (Å²) in [5, 5.41) is 6.85. The lowest BCUT2D eigenvalue weighted by Gasteiger charge is -2.43. The predicted molar refractivity (Wildman–Crippen MR) is 137 cm³/mol. The summed E-state index contributed by atoms with van der Waals surface area (Å²) in [7, 11) is 1.35. The molecule has 0 aromatic heterocycles. The molecule has 178 valence electrons. The number of benzene rings is 3. The molecule has 2 N–H and O–H groups in total. The number of carbonyl (C=O) groups excluding carboxylic acids is 2. The number of rotatable bonds is 4. The van der Waals surface area contributed by atoms with Crippen molar-refractivity contribution >= 4 is 23.3 Å². The third-order valence-electron chi connectivity index (χ3n) is 8.41. The zero-order valence-electron chi connectivity index (χ0n) is 20.1. The zero-order valence-corrected chi connectivity index (χ0v) is 20.1. The fraction of sp³-hybridized carbons (Fsp3) is 0.333. The van der Waals surface area contributed by atoms with Crippen molar-refractivity contribution in [2.45, 2.75) is 38.1 Å². The molecule has 1 heterocycles. The molecule has 6 rings (SSSR count). The first-order chi connectivity index (χ1) is 17.0. The van der Waals surface area contributed by atoms with E-state index in [4.69, 9.17) is 4.74 Å². The monoisotopic (exact) mass is 466 g/mol. The maximum Gasteiger partial charge on any atom is 0.337 e. The minimum Gasteiger partial charge on any atom is -0.465 e. The summed E-state index contributed by atoms with van der Waals surface area (Å²) in [5.41, 5.74) is 6.35. The number of aryl methyl sites for hydroxylation is 1. The Morgan fingerprint density at radius 2 is 1.71 bits per heavy atom. The number of methoxy groups -OCH3 is 1. The third kappa shape index (κ3) is 3.70. The zero-order chi connectivity index (χ0) is 24.1. The Hall–Kier alpha value is -3.60. The van der Waals surface area contributed by atoms with Gasteiger partial charge in [-0.25, -0.2) is 4.79 Å². The van der Waals surface area contributed by atoms with Crippen LogP contribution in [-0.4, -0.2) is 19.0 Å². The molecule has 2 bridgehead atoms. The molecule has 3 aromatic carbocycles. The van der Waals surface area contributed by atoms with Gasteiger partial charge in [0.2, 0.25) is 0 Å². The molecule has 0 spiro atoms. The standard InChI is InChI=1S/C30H30N2O3/c1-17-8-9-22(30(34)35-2)16-25(17)32-29(33)21-12-13-24-23(15-21)26-19-10-11-20(14-19)27(26)28(31-24)18-6-4-3-5-7-18/h3-9,12-13,15-16,19-20,26-28,31H,10-11,14H2,1-2H3,(H,32,33)/t19-,20-,26-,27-,28+/m0/s1. The average Bonchev–Trinajstić information content (AvgIpc) is 3.52. The molecule has 1 aliphatic heterocycles. The molecule has 35 heavy (non-hydrogen) atoms. The molecule has 0 unspecified atom stereocenters. The van der Waals surface area contributed by atoms with Crippen LogP contribution in [0.4, 0.5) is 11.4 Å². The van der Waals surface area contributed by atoms with Crippen LogP contribution in [0.15, 0.2) is 66.7 Å². The van der Waals surface area contributed by atoms with Gasteiger partial charge in [-0.3, -0.25) is 4.79 Å². The van der Waals surface area contributed by atoms with Crippen LogP contribution in [-0.2, 0) is 4.74 Å². The smallest absolute Gasteiger partial charge is 0.337 e. The number of fused-ring (bicyclic) bond motifs is 7. The molecule has 5 nitrogen and oxygen atoms in total. The number of amides is 1. The Morgan fingerprint density at radius 1 is 0.943 bits per heavy atom. The summed E-state index contributed by atoms with van der Waals surface area (Å²) < 4.78 is 4.83. The van der Waals surface area contributed by atoms with E-state index in [1.807, 2.05) is 19.1 Å². The number of ether oxygens (including phenoxy) is 1. The molecule has 3 aromatic rings. The van der Waals surface area contributed by atoms with Gasteiger partial charge in [0.05, 0.1) is 18.7 Å². The number of hydrogen-bond donors (Lipinski definition) is 2. The first kappa shape index (κ1) is 21.9. The van der Waals surface area contributed by atoms with Crippen molar-refractivity contribution in [2.24, 2.45) is 17.8 Å². The van der Waals surface area contributed by atoms with E-state index in [1.165, 1.54) is 37.5 Å². The van der Waals surface area contributed by atoms with Crippen LogP contribution in [0.5, 0.6) is 0 Å². The van der Waals surface area contributed by atoms with Crippen LogP contribution in [0.25, 0.3) is 0 Å². The molecule has 2 saturated carbocycles. The predicted octanol–water partition coefficient (Wildman–Crippen LogP) is 6.33. The fourth-order valence-corrected chi connectivity index (χ4v) is 6.81. The highest BCUT2D eigenvalue weighted by molar-refractivity contribution is 6.05. The molecule has 0 radical (unpaired) electrons. The van der Waals surface area contributed by atoms with Crippen LogP contribution in [0.2, 0.25) is 0 Å². The van der Waals surface area contributed by atoms with E-state index in [1.54, 1.807) is 12.1 Å². The summed E-state index contributed by atoms with van der Waals surface area (Å²) in [6.07, 6.45) is 3.88. The summed E-state index contributed by atoms with van der Waals surface area (Å²) in [4.78, 5) is 25.2. The second kappa shape index (κ2) is 8.56. The average molecular weight is 467 g/mol. The summed E-state index contributed by atoms with van der Waals surface area (Å²) in [6.45, 7) is 1.91. The maximum atomic E-state index is 13.3. The van der Waals surface area contributed by atoms with E-state index >= 15 is 0 Å². The maximum absolute atomic E-state index is 13.3. The van der Waals surface area contributed by atoms with Gasteiger partial charge in [0.1, 0.15) is 0 Å². The Labute approximate surface area is 205 Å². The number of anilines is 2. The Morgan fingerprint density at radius 3 is 2.51 bits per heavy atom. The largest absolute Gasteiger partial charge is 0.465 e. The van der Waals surface area contributed by atoms with Crippen LogP contribution < -0.4 is 10.6 Å². The molecule has 5 heteroatoms. The van der Waals surface area contributed by atoms with Crippen LogP contribution in [0, 0.1) is 24.7 Å². The highest BCUT2D eigenvalue weighted by Crippen LogP contribution is 2.63. The second-order valence-electron chi connectivity index (χ2n) is 10.2. The Kier molecular flexibility index (Phi) is 5.36. The van der Waals surface area contributed by atoms with Gasteiger partial charge in [0.15, 0.2) is 0 Å². The molecule has 5 atom stereocenters. The van der Waals surface area contributed by atoms with Gasteiger partial charge in [-0.15, -0.1) is 0 Å². The van der Waals surface area contributed by atoms with Crippen molar-refractivity contribution in [1.29, 1.82) is 0 Å². The van der Waals surface area contributed by atoms with Crippen molar-refractivity contribution in [2.75, 3.05) is 17.7 Å². The Bertz CT molecular complexity index is 1300. The minimum absolute atomic E-state index is 0.164. The number of esters is 1. The topological polar surface area (TPSA) is 67.4 Å². The van der Waals surface area contributed by atoms with Crippen molar-refractivity contribution in [1.82, 2.24) is 0 Å². The first-order valence-electron chi connectivity index (χ1n) is 12.5. The summed E-state index contributed by atoms with van der Waals surface area (Å²) in [5.74, 6) is 1.87. The molecule has 0 saturated heterocycles. The second-order valence-corrected chi connectivity index (χ2v) is 10.2. The van der Waals surface area contributed by atoms with Gasteiger partial charge in [-0.05, 0) is 96.9 Å². The Balaban J connectivity index is 1.32. The molecular formula is C30H30N2O3. The van der Waals surface area contributed by atoms with E-state index in [-0.39, 0.29) is 5.91 Å². The fourth-order valence-electron chi connectivity index (χ4n) is 6.81. The first-order valence-corrected chi connectivity index (χ1v) is 12.5. The van der Waals surface area contributed by atoms with Gasteiger partial charge in [-0.2, -0.15) is 0 Å². The SMILES string of the molecule is COC(=O)c1ccc(C)c(NC(=O)c2ccc3c(c2)[C@@H]2[C@H]4CC[C@@H](C4)[C@@H]2[C@@H](c2ccccc2)N3)c1. The van der Waals surface area contributed by atoms with E-state index in [2.05, 4.69) is 53.1 Å². The third-order valence-corrected chi connectivity index (χ3v) is 8.41. The lowest BCUT2D eigenvalue weighted by Crippen LogP contribution is -2.35. The quantitative estimate of drug-likeness (QED) is 0.441. The van der Waals surface area contributed by atoms with Crippen molar-refractivity contribution in [3.8, 4) is 0 Å². The van der Waals surface area contributed by atoms with Gasteiger partial charge in [0.25, 0.3) is 5.91 Å². The molecular weight excluding hydrogens is 436 g/mol. The van der Waals surface area contributed by atoms with Gasteiger partial charge in [-0.1, -0.05) is 36.4 Å². The lowest BCUT2D eigenvalue weighted by atomic mass is 9.68. The van der Waals surface area contributed by atoms with Gasteiger partial charge < -0.3 is 15.4 Å². The van der Waals surface area contributed by atoms with Gasteiger partial charge >= 0.3 is 5.97 Å². The van der Waals surface area contributed by atoms with E-state index in [9.17, 15) is 9.59 Å². The van der Waals surface area contributed by atoms with E-state index in [0.29, 0.717) is 40.6 Å². The van der Waals surface area contributed by atoms with E-state index in [0.717, 1.165) is 17.2 Å². The normalized spacial score (nSPS) is 25.8. The molecule has 1 amide bonds. The summed E-state index contributed by atoms with van der Waals surface area (Å²) in [6, 6.07) is 22.4. The minimum atomic E-state index is -0.421. The lowest BCUT2D eigenvalue weighted by molar-refractivity contribution is 0.0600. The van der Waals surface area contributed by atoms with Crippen LogP contribution in [0.1, 0.15) is 68.6 Å². The van der Waals surface area contributed by atoms with Gasteiger partial charge in [0, 0.05) is 16.9 Å². The highest BCUT2D eigenvalue weighted by Gasteiger charge is 2.53. The number of nitrogens with one attached hydrogen (secondary N) is 2.